The molecule has 0 unspecified atom stereocenters. The van der Waals surface area contributed by atoms with E-state index in [1.54, 1.807) is 18.2 Å². The van der Waals surface area contributed by atoms with Gasteiger partial charge in [0, 0.05) is 25.7 Å². The number of rotatable bonds is 5. The van der Waals surface area contributed by atoms with Gasteiger partial charge in [-0.3, -0.25) is 4.79 Å². The molecule has 1 aromatic carbocycles. The highest BCUT2D eigenvalue weighted by Gasteiger charge is 2.30. The maximum atomic E-state index is 12.5. The lowest BCUT2D eigenvalue weighted by Crippen LogP contribution is -2.42. The Morgan fingerprint density at radius 2 is 2.17 bits per heavy atom. The molecule has 0 aromatic heterocycles. The average molecular weight is 326 g/mol. The maximum absolute atomic E-state index is 12.5. The largest absolute Gasteiger partial charge is 0.433 e. The van der Waals surface area contributed by atoms with Crippen molar-refractivity contribution in [2.75, 3.05) is 24.6 Å². The van der Waals surface area contributed by atoms with Gasteiger partial charge < -0.3 is 19.7 Å². The smallest absolute Gasteiger partial charge is 0.387 e. The lowest BCUT2D eigenvalue weighted by Gasteiger charge is -2.22. The topological polar surface area (TPSA) is 50.8 Å². The number of anilines is 1. The van der Waals surface area contributed by atoms with E-state index < -0.39 is 6.61 Å². The summed E-state index contributed by atoms with van der Waals surface area (Å²) in [4.78, 5) is 14.0. The molecule has 2 aliphatic heterocycles. The predicted octanol–water partition coefficient (Wildman–Crippen LogP) is 2.16. The number of para-hydroxylation sites is 2. The maximum Gasteiger partial charge on any atom is 0.387 e. The Bertz CT molecular complexity index is 550. The van der Waals surface area contributed by atoms with Crippen molar-refractivity contribution in [1.29, 1.82) is 0 Å². The van der Waals surface area contributed by atoms with Gasteiger partial charge in [0.05, 0.1) is 5.69 Å². The molecule has 2 aliphatic rings. The Hall–Kier alpha value is -1.89. The van der Waals surface area contributed by atoms with Crippen LogP contribution in [0.2, 0.25) is 0 Å². The van der Waals surface area contributed by atoms with Crippen LogP contribution in [-0.4, -0.2) is 44.4 Å². The molecule has 0 saturated carbocycles. The number of amides is 1. The fourth-order valence-corrected chi connectivity index (χ4v) is 3.09. The third kappa shape index (κ3) is 3.90. The molecular weight excluding hydrogens is 306 g/mol. The van der Waals surface area contributed by atoms with Crippen LogP contribution in [0.4, 0.5) is 14.5 Å². The van der Waals surface area contributed by atoms with Gasteiger partial charge in [-0.1, -0.05) is 12.1 Å². The fourth-order valence-electron chi connectivity index (χ4n) is 3.09. The van der Waals surface area contributed by atoms with Gasteiger partial charge in [0.2, 0.25) is 5.91 Å². The van der Waals surface area contributed by atoms with Gasteiger partial charge in [-0.2, -0.15) is 8.78 Å². The summed E-state index contributed by atoms with van der Waals surface area (Å²) >= 11 is 0. The third-order valence-electron chi connectivity index (χ3n) is 4.18. The van der Waals surface area contributed by atoms with E-state index in [-0.39, 0.29) is 23.8 Å². The SMILES string of the molecule is O=C(N[C@@H]1CCN(c2ccccc2OC(F)F)C1)[C@H]1CCCO1. The van der Waals surface area contributed by atoms with Crippen molar-refractivity contribution in [3.63, 3.8) is 0 Å². The summed E-state index contributed by atoms with van der Waals surface area (Å²) in [6, 6.07) is 6.72. The van der Waals surface area contributed by atoms with Crippen molar-refractivity contribution in [3.05, 3.63) is 24.3 Å². The lowest BCUT2D eigenvalue weighted by molar-refractivity contribution is -0.130. The summed E-state index contributed by atoms with van der Waals surface area (Å²) in [6.45, 7) is -0.969. The second kappa shape index (κ2) is 7.12. The third-order valence-corrected chi connectivity index (χ3v) is 4.18. The zero-order valence-electron chi connectivity index (χ0n) is 12.7. The molecule has 2 saturated heterocycles. The number of hydrogen-bond acceptors (Lipinski definition) is 4. The summed E-state index contributed by atoms with van der Waals surface area (Å²) < 4.78 is 34.9. The number of alkyl halides is 2. The molecule has 3 rings (SSSR count). The number of benzene rings is 1. The van der Waals surface area contributed by atoms with E-state index in [2.05, 4.69) is 10.1 Å². The monoisotopic (exact) mass is 326 g/mol. The van der Waals surface area contributed by atoms with Gasteiger partial charge in [-0.15, -0.1) is 0 Å². The Labute approximate surface area is 133 Å². The lowest BCUT2D eigenvalue weighted by atomic mass is 10.2. The predicted molar refractivity (Wildman–Crippen MR) is 80.8 cm³/mol. The van der Waals surface area contributed by atoms with E-state index in [1.165, 1.54) is 6.07 Å². The Balaban J connectivity index is 1.60. The van der Waals surface area contributed by atoms with Crippen molar-refractivity contribution >= 4 is 11.6 Å². The molecule has 23 heavy (non-hydrogen) atoms. The Morgan fingerprint density at radius 3 is 2.91 bits per heavy atom. The van der Waals surface area contributed by atoms with Crippen LogP contribution < -0.4 is 15.0 Å². The number of carbonyl (C=O) groups is 1. The van der Waals surface area contributed by atoms with Crippen LogP contribution in [0.5, 0.6) is 5.75 Å². The van der Waals surface area contributed by atoms with Crippen LogP contribution in [-0.2, 0) is 9.53 Å². The molecule has 1 N–H and O–H groups in total. The zero-order chi connectivity index (χ0) is 16.2. The van der Waals surface area contributed by atoms with Crippen LogP contribution in [0.15, 0.2) is 24.3 Å². The van der Waals surface area contributed by atoms with Crippen molar-refractivity contribution in [1.82, 2.24) is 5.32 Å². The van der Waals surface area contributed by atoms with Crippen LogP contribution in [0.25, 0.3) is 0 Å². The van der Waals surface area contributed by atoms with Gasteiger partial charge in [-0.25, -0.2) is 0 Å². The number of nitrogens with zero attached hydrogens (tertiary/aromatic N) is 1. The molecule has 0 bridgehead atoms. The first-order chi connectivity index (χ1) is 11.1. The van der Waals surface area contributed by atoms with E-state index in [9.17, 15) is 13.6 Å². The number of halogens is 2. The molecule has 2 fully saturated rings. The zero-order valence-corrected chi connectivity index (χ0v) is 12.7. The van der Waals surface area contributed by atoms with Crippen LogP contribution in [0, 0.1) is 0 Å². The first kappa shape index (κ1) is 16.0. The van der Waals surface area contributed by atoms with Crippen molar-refractivity contribution < 1.29 is 23.0 Å². The standard InChI is InChI=1S/C16H20F2N2O3/c17-16(18)23-13-5-2-1-4-12(13)20-8-7-11(10-20)19-15(21)14-6-3-9-22-14/h1-2,4-5,11,14,16H,3,6-10H2,(H,19,21)/t11-,14-/m1/s1. The van der Waals surface area contributed by atoms with Gasteiger partial charge >= 0.3 is 6.61 Å². The Kier molecular flexibility index (Phi) is 4.95. The minimum Gasteiger partial charge on any atom is -0.433 e. The first-order valence-electron chi connectivity index (χ1n) is 7.84. The summed E-state index contributed by atoms with van der Waals surface area (Å²) in [5.74, 6) is 0.0834. The summed E-state index contributed by atoms with van der Waals surface area (Å²) in [6.07, 6.45) is 2.08. The second-order valence-electron chi connectivity index (χ2n) is 5.79. The van der Waals surface area contributed by atoms with Gasteiger partial charge in [0.15, 0.2) is 0 Å². The highest BCUT2D eigenvalue weighted by Crippen LogP contribution is 2.31. The average Bonchev–Trinajstić information content (AvgIpc) is 3.18. The molecule has 0 radical (unpaired) electrons. The fraction of sp³-hybridized carbons (Fsp3) is 0.562. The van der Waals surface area contributed by atoms with Crippen LogP contribution >= 0.6 is 0 Å². The number of hydrogen-bond donors (Lipinski definition) is 1. The quantitative estimate of drug-likeness (QED) is 0.901. The molecule has 2 heterocycles. The number of ether oxygens (including phenoxy) is 2. The molecule has 0 spiro atoms. The van der Waals surface area contributed by atoms with Crippen LogP contribution in [0.1, 0.15) is 19.3 Å². The van der Waals surface area contributed by atoms with Gasteiger partial charge in [-0.05, 0) is 31.4 Å². The molecule has 5 nitrogen and oxygen atoms in total. The molecule has 2 atom stereocenters. The summed E-state index contributed by atoms with van der Waals surface area (Å²) in [7, 11) is 0. The van der Waals surface area contributed by atoms with Gasteiger partial charge in [0.1, 0.15) is 11.9 Å². The molecule has 126 valence electrons. The molecule has 1 amide bonds. The first-order valence-corrected chi connectivity index (χ1v) is 7.84. The number of nitrogens with one attached hydrogen (secondary N) is 1. The number of carbonyl (C=O) groups excluding carboxylic acids is 1. The molecule has 0 aliphatic carbocycles. The molecule has 7 heteroatoms. The Morgan fingerprint density at radius 1 is 1.35 bits per heavy atom. The minimum absolute atomic E-state index is 0.00805. The van der Waals surface area contributed by atoms with E-state index in [4.69, 9.17) is 4.74 Å². The van der Waals surface area contributed by atoms with Crippen molar-refractivity contribution in [3.8, 4) is 5.75 Å². The highest BCUT2D eigenvalue weighted by atomic mass is 19.3. The summed E-state index contributed by atoms with van der Waals surface area (Å²) in [5.41, 5.74) is 0.627. The normalized spacial score (nSPS) is 24.2. The van der Waals surface area contributed by atoms with E-state index in [1.807, 2.05) is 4.90 Å². The van der Waals surface area contributed by atoms with Gasteiger partial charge in [0.25, 0.3) is 0 Å². The van der Waals surface area contributed by atoms with Crippen molar-refractivity contribution in [2.24, 2.45) is 0 Å². The van der Waals surface area contributed by atoms with Crippen LogP contribution in [0.3, 0.4) is 0 Å². The summed E-state index contributed by atoms with van der Waals surface area (Å²) in [5, 5.41) is 2.99. The van der Waals surface area contributed by atoms with Crippen molar-refractivity contribution in [2.45, 2.75) is 38.0 Å². The van der Waals surface area contributed by atoms with E-state index in [0.717, 1.165) is 19.3 Å². The highest BCUT2D eigenvalue weighted by molar-refractivity contribution is 5.81. The van der Waals surface area contributed by atoms with E-state index >= 15 is 0 Å². The minimum atomic E-state index is -2.85. The second-order valence-corrected chi connectivity index (χ2v) is 5.79. The molecule has 1 aromatic rings. The molecular formula is C16H20F2N2O3. The van der Waals surface area contributed by atoms with E-state index in [0.29, 0.717) is 25.4 Å².